The van der Waals surface area contributed by atoms with Gasteiger partial charge in [-0.15, -0.1) is 0 Å². The van der Waals surface area contributed by atoms with Gasteiger partial charge in [0.1, 0.15) is 0 Å². The number of fused-ring (bicyclic) bond motifs is 1. The second kappa shape index (κ2) is 4.83. The molecule has 2 aromatic rings. The van der Waals surface area contributed by atoms with Crippen molar-refractivity contribution in [3.8, 4) is 0 Å². The van der Waals surface area contributed by atoms with Gasteiger partial charge < -0.3 is 0 Å². The lowest BCUT2D eigenvalue weighted by Gasteiger charge is -2.14. The van der Waals surface area contributed by atoms with Gasteiger partial charge in [0.25, 0.3) is 0 Å². The molecule has 0 atom stereocenters. The molecule has 2 rings (SSSR count). The lowest BCUT2D eigenvalue weighted by molar-refractivity contribution is -0.134. The van der Waals surface area contributed by atoms with E-state index in [-0.39, 0.29) is 6.42 Å². The zero-order chi connectivity index (χ0) is 14.2. The van der Waals surface area contributed by atoms with E-state index in [0.29, 0.717) is 5.69 Å². The van der Waals surface area contributed by atoms with Crippen LogP contribution >= 0.6 is 0 Å². The number of rotatable bonds is 2. The number of aromatic nitrogens is 1. The fraction of sp³-hybridized carbons (Fsp3) is 0.400. The van der Waals surface area contributed by atoms with Crippen LogP contribution in [-0.4, -0.2) is 11.2 Å². The summed E-state index contributed by atoms with van der Waals surface area (Å²) in [5.74, 6) is 0. The molecule has 0 spiro atoms. The highest BCUT2D eigenvalue weighted by molar-refractivity contribution is 5.84. The molecular formula is C15H16F3N. The van der Waals surface area contributed by atoms with Crippen molar-refractivity contribution in [2.75, 3.05) is 0 Å². The molecule has 1 aromatic heterocycles. The van der Waals surface area contributed by atoms with Crippen molar-refractivity contribution in [2.45, 2.75) is 39.8 Å². The van der Waals surface area contributed by atoms with Gasteiger partial charge in [0.05, 0.1) is 5.52 Å². The molecule has 0 fully saturated rings. The van der Waals surface area contributed by atoms with E-state index in [9.17, 15) is 13.2 Å². The summed E-state index contributed by atoms with van der Waals surface area (Å²) in [6.07, 6.45) is -4.92. The predicted molar refractivity (Wildman–Crippen MR) is 70.3 cm³/mol. The molecule has 0 aliphatic rings. The first-order valence-corrected chi connectivity index (χ1v) is 6.21. The van der Waals surface area contributed by atoms with Gasteiger partial charge in [-0.2, -0.15) is 13.2 Å². The minimum atomic E-state index is -4.12. The summed E-state index contributed by atoms with van der Waals surface area (Å²) in [5, 5.41) is 0.947. The van der Waals surface area contributed by atoms with E-state index < -0.39 is 12.6 Å². The van der Waals surface area contributed by atoms with Gasteiger partial charge in [-0.3, -0.25) is 4.98 Å². The molecule has 0 aliphatic heterocycles. The molecule has 0 N–H and O–H groups in total. The Hall–Kier alpha value is -1.58. The van der Waals surface area contributed by atoms with Crippen LogP contribution < -0.4 is 0 Å². The largest absolute Gasteiger partial charge is 0.389 e. The Morgan fingerprint density at radius 3 is 2.42 bits per heavy atom. The van der Waals surface area contributed by atoms with Crippen LogP contribution in [0.4, 0.5) is 13.2 Å². The van der Waals surface area contributed by atoms with Crippen LogP contribution in [0.15, 0.2) is 18.2 Å². The Morgan fingerprint density at radius 1 is 1.11 bits per heavy atom. The number of hydrogen-bond acceptors (Lipinski definition) is 1. The number of halogens is 3. The summed E-state index contributed by atoms with van der Waals surface area (Å²) in [6.45, 7) is 5.62. The molecule has 4 heteroatoms. The molecule has 0 radical (unpaired) electrons. The second-order valence-corrected chi connectivity index (χ2v) is 4.94. The summed E-state index contributed by atoms with van der Waals surface area (Å²) < 4.78 is 37.1. The van der Waals surface area contributed by atoms with E-state index in [2.05, 4.69) is 4.98 Å². The highest BCUT2D eigenvalue weighted by atomic mass is 19.4. The first kappa shape index (κ1) is 13.8. The fourth-order valence-electron chi connectivity index (χ4n) is 2.36. The minimum Gasteiger partial charge on any atom is -0.253 e. The molecule has 0 bridgehead atoms. The lowest BCUT2D eigenvalue weighted by Crippen LogP contribution is -2.10. The number of benzene rings is 1. The van der Waals surface area contributed by atoms with Gasteiger partial charge in [-0.1, -0.05) is 11.6 Å². The Kier molecular flexibility index (Phi) is 3.52. The average Bonchev–Trinajstić information content (AvgIpc) is 2.28. The van der Waals surface area contributed by atoms with Crippen molar-refractivity contribution in [1.29, 1.82) is 0 Å². The van der Waals surface area contributed by atoms with Crippen LogP contribution in [0.1, 0.15) is 28.8 Å². The topological polar surface area (TPSA) is 12.9 Å². The van der Waals surface area contributed by atoms with Crippen molar-refractivity contribution < 1.29 is 13.2 Å². The summed E-state index contributed by atoms with van der Waals surface area (Å²) >= 11 is 0. The van der Waals surface area contributed by atoms with E-state index in [4.69, 9.17) is 0 Å². The summed E-state index contributed by atoms with van der Waals surface area (Å²) in [7, 11) is 0. The number of nitrogens with zero attached hydrogens (tertiary/aromatic N) is 1. The maximum Gasteiger partial charge on any atom is 0.389 e. The maximum absolute atomic E-state index is 12.4. The number of hydrogen-bond donors (Lipinski definition) is 0. The predicted octanol–water partition coefficient (Wildman–Crippen LogP) is 4.65. The minimum absolute atomic E-state index is 0.00194. The molecule has 102 valence electrons. The summed E-state index contributed by atoms with van der Waals surface area (Å²) in [4.78, 5) is 4.41. The third-order valence-electron chi connectivity index (χ3n) is 3.39. The van der Waals surface area contributed by atoms with Crippen molar-refractivity contribution in [2.24, 2.45) is 0 Å². The standard InChI is InChI=1S/C15H16F3N/c1-9-4-5-14-13(8-9)10(2)12(11(3)19-14)6-7-15(16,17)18/h4-5,8H,6-7H2,1-3H3. The third-order valence-corrected chi connectivity index (χ3v) is 3.39. The van der Waals surface area contributed by atoms with Gasteiger partial charge in [-0.05, 0) is 50.5 Å². The summed E-state index contributed by atoms with van der Waals surface area (Å²) in [5.41, 5.74) is 4.25. The van der Waals surface area contributed by atoms with Crippen molar-refractivity contribution in [1.82, 2.24) is 4.98 Å². The normalized spacial score (nSPS) is 12.1. The molecule has 0 aliphatic carbocycles. The second-order valence-electron chi connectivity index (χ2n) is 4.94. The Bertz CT molecular complexity index is 615. The first-order chi connectivity index (χ1) is 8.78. The van der Waals surface area contributed by atoms with Gasteiger partial charge in [-0.25, -0.2) is 0 Å². The highest BCUT2D eigenvalue weighted by Gasteiger charge is 2.27. The maximum atomic E-state index is 12.4. The lowest BCUT2D eigenvalue weighted by atomic mass is 9.97. The fourth-order valence-corrected chi connectivity index (χ4v) is 2.36. The molecule has 1 nitrogen and oxygen atoms in total. The van der Waals surface area contributed by atoms with Crippen molar-refractivity contribution in [3.05, 3.63) is 40.6 Å². The van der Waals surface area contributed by atoms with Crippen LogP contribution in [0, 0.1) is 20.8 Å². The summed E-state index contributed by atoms with van der Waals surface area (Å²) in [6, 6.07) is 5.86. The molecule has 1 aromatic carbocycles. The van der Waals surface area contributed by atoms with Gasteiger partial charge >= 0.3 is 6.18 Å². The smallest absolute Gasteiger partial charge is 0.253 e. The van der Waals surface area contributed by atoms with Gasteiger partial charge in [0.2, 0.25) is 0 Å². The molecular weight excluding hydrogens is 251 g/mol. The van der Waals surface area contributed by atoms with E-state index in [1.807, 2.05) is 32.0 Å². The van der Waals surface area contributed by atoms with Crippen LogP contribution in [0.25, 0.3) is 10.9 Å². The Labute approximate surface area is 110 Å². The van der Waals surface area contributed by atoms with E-state index in [1.165, 1.54) is 0 Å². The van der Waals surface area contributed by atoms with Crippen molar-refractivity contribution >= 4 is 10.9 Å². The van der Waals surface area contributed by atoms with Crippen LogP contribution in [-0.2, 0) is 6.42 Å². The van der Waals surface area contributed by atoms with Gasteiger partial charge in [0.15, 0.2) is 0 Å². The zero-order valence-corrected chi connectivity index (χ0v) is 11.2. The molecule has 0 saturated heterocycles. The van der Waals surface area contributed by atoms with E-state index in [1.54, 1.807) is 6.92 Å². The first-order valence-electron chi connectivity index (χ1n) is 6.21. The SMILES string of the molecule is Cc1ccc2nc(C)c(CCC(F)(F)F)c(C)c2c1. The Morgan fingerprint density at radius 2 is 1.79 bits per heavy atom. The van der Waals surface area contributed by atoms with E-state index in [0.717, 1.165) is 27.6 Å². The number of pyridine rings is 1. The molecule has 0 amide bonds. The monoisotopic (exact) mass is 267 g/mol. The van der Waals surface area contributed by atoms with Gasteiger partial charge in [0, 0.05) is 17.5 Å². The quantitative estimate of drug-likeness (QED) is 0.771. The average molecular weight is 267 g/mol. The Balaban J connectivity index is 2.49. The molecule has 19 heavy (non-hydrogen) atoms. The van der Waals surface area contributed by atoms with Crippen LogP contribution in [0.3, 0.4) is 0 Å². The molecule has 1 heterocycles. The van der Waals surface area contributed by atoms with E-state index >= 15 is 0 Å². The zero-order valence-electron chi connectivity index (χ0n) is 11.2. The number of alkyl halides is 3. The number of aryl methyl sites for hydroxylation is 3. The highest BCUT2D eigenvalue weighted by Crippen LogP contribution is 2.28. The molecule has 0 unspecified atom stereocenters. The van der Waals surface area contributed by atoms with Crippen molar-refractivity contribution in [3.63, 3.8) is 0 Å². The third kappa shape index (κ3) is 3.06. The molecule has 0 saturated carbocycles. The van der Waals surface area contributed by atoms with Crippen LogP contribution in [0.5, 0.6) is 0 Å². The van der Waals surface area contributed by atoms with Crippen LogP contribution in [0.2, 0.25) is 0 Å².